The highest BCUT2D eigenvalue weighted by Gasteiger charge is 2.18. The summed E-state index contributed by atoms with van der Waals surface area (Å²) in [6.07, 6.45) is 4.66. The van der Waals surface area contributed by atoms with Gasteiger partial charge in [-0.05, 0) is 56.3 Å². The molecule has 2 aromatic carbocycles. The topological polar surface area (TPSA) is 86.0 Å². The second kappa shape index (κ2) is 8.29. The van der Waals surface area contributed by atoms with Gasteiger partial charge in [0, 0.05) is 35.3 Å². The van der Waals surface area contributed by atoms with Crippen LogP contribution in [0, 0.1) is 13.8 Å². The minimum Gasteiger partial charge on any atom is -0.301 e. The molecule has 0 atom stereocenters. The Hall–Kier alpha value is -3.36. The van der Waals surface area contributed by atoms with Gasteiger partial charge in [0.25, 0.3) is 15.9 Å². The fourth-order valence-corrected chi connectivity index (χ4v) is 4.67. The maximum absolute atomic E-state index is 12.5. The number of hydrogen-bond acceptors (Lipinski definition) is 4. The molecule has 4 aromatic rings. The van der Waals surface area contributed by atoms with E-state index >= 15 is 0 Å². The summed E-state index contributed by atoms with van der Waals surface area (Å²) in [6.45, 7) is 3.68. The van der Waals surface area contributed by atoms with Crippen molar-refractivity contribution in [2.24, 2.45) is 7.05 Å². The van der Waals surface area contributed by atoms with Gasteiger partial charge in [0.15, 0.2) is 0 Å². The van der Waals surface area contributed by atoms with Crippen molar-refractivity contribution in [2.75, 3.05) is 0 Å². The number of carbonyl (C=O) groups excluding carboxylic acids is 1. The van der Waals surface area contributed by atoms with Crippen LogP contribution in [0.3, 0.4) is 0 Å². The summed E-state index contributed by atoms with van der Waals surface area (Å²) in [7, 11) is -2.15. The Bertz CT molecular complexity index is 1470. The molecule has 32 heavy (non-hydrogen) atoms. The zero-order valence-electron chi connectivity index (χ0n) is 17.7. The van der Waals surface area contributed by atoms with Gasteiger partial charge in [0.2, 0.25) is 0 Å². The first kappa shape index (κ1) is 21.9. The Morgan fingerprint density at radius 3 is 2.53 bits per heavy atom. The van der Waals surface area contributed by atoms with Gasteiger partial charge in [-0.15, -0.1) is 0 Å². The molecule has 7 nitrogen and oxygen atoms in total. The predicted molar refractivity (Wildman–Crippen MR) is 125 cm³/mol. The van der Waals surface area contributed by atoms with Crippen LogP contribution in [0.4, 0.5) is 0 Å². The third kappa shape index (κ3) is 4.19. The van der Waals surface area contributed by atoms with E-state index in [1.807, 2.05) is 55.9 Å². The smallest absolute Gasteiger partial charge is 0.264 e. The Balaban J connectivity index is 1.65. The molecule has 0 saturated carbocycles. The molecule has 2 heterocycles. The van der Waals surface area contributed by atoms with Crippen molar-refractivity contribution in [2.45, 2.75) is 18.7 Å². The first-order chi connectivity index (χ1) is 15.2. The Morgan fingerprint density at radius 1 is 1.09 bits per heavy atom. The third-order valence-corrected chi connectivity index (χ3v) is 6.68. The van der Waals surface area contributed by atoms with Crippen molar-refractivity contribution >= 4 is 44.5 Å². The fourth-order valence-electron chi connectivity index (χ4n) is 3.54. The number of nitrogens with zero attached hydrogens (tertiary/aromatic N) is 3. The van der Waals surface area contributed by atoms with Gasteiger partial charge >= 0.3 is 0 Å². The van der Waals surface area contributed by atoms with E-state index in [1.54, 1.807) is 22.9 Å². The molecular formula is C23H21ClN4O3S. The molecule has 2 aromatic heterocycles. The van der Waals surface area contributed by atoms with Crippen LogP contribution < -0.4 is 4.72 Å². The molecule has 0 fully saturated rings. The lowest BCUT2D eigenvalue weighted by molar-refractivity contribution is -0.114. The van der Waals surface area contributed by atoms with E-state index in [4.69, 9.17) is 11.6 Å². The number of amides is 1. The first-order valence-corrected chi connectivity index (χ1v) is 11.6. The third-order valence-electron chi connectivity index (χ3n) is 5.09. The number of carbonyl (C=O) groups is 1. The quantitative estimate of drug-likeness (QED) is 0.446. The number of nitrogens with one attached hydrogen (secondary N) is 1. The van der Waals surface area contributed by atoms with Crippen LogP contribution in [-0.2, 0) is 21.9 Å². The van der Waals surface area contributed by atoms with Crippen LogP contribution in [0.25, 0.3) is 22.8 Å². The highest BCUT2D eigenvalue weighted by atomic mass is 35.5. The summed E-state index contributed by atoms with van der Waals surface area (Å²) in [5.74, 6) is -0.00538. The summed E-state index contributed by atoms with van der Waals surface area (Å²) in [6, 6.07) is 13.8. The van der Waals surface area contributed by atoms with E-state index in [2.05, 4.69) is 9.82 Å². The van der Waals surface area contributed by atoms with Gasteiger partial charge in [0.1, 0.15) is 5.82 Å². The Morgan fingerprint density at radius 2 is 1.81 bits per heavy atom. The lowest BCUT2D eigenvalue weighted by atomic mass is 10.2. The number of rotatable bonds is 5. The molecule has 0 unspecified atom stereocenters. The zero-order chi connectivity index (χ0) is 23.0. The van der Waals surface area contributed by atoms with Crippen LogP contribution in [0.15, 0.2) is 65.7 Å². The minimum atomic E-state index is -3.96. The molecular weight excluding hydrogens is 448 g/mol. The van der Waals surface area contributed by atoms with E-state index in [0.717, 1.165) is 22.3 Å². The Labute approximate surface area is 191 Å². The molecule has 1 amide bonds. The van der Waals surface area contributed by atoms with Crippen LogP contribution in [0.2, 0.25) is 5.02 Å². The van der Waals surface area contributed by atoms with E-state index in [1.165, 1.54) is 18.2 Å². The maximum Gasteiger partial charge on any atom is 0.264 e. The highest BCUT2D eigenvalue weighted by molar-refractivity contribution is 7.90. The fraction of sp³-hybridized carbons (Fsp3) is 0.130. The molecule has 0 spiro atoms. The number of halogens is 1. The standard InChI is InChI=1S/C23H21ClN4O3S/c1-15-4-7-19(8-5-15)32(30,31)26-22(29)11-9-20-16(2)25-27(3)23(20)28-13-12-17-14-18(24)6-10-21(17)28/h4-14H,1-3H3,(H,26,29). The lowest BCUT2D eigenvalue weighted by Crippen LogP contribution is -2.28. The van der Waals surface area contributed by atoms with Gasteiger partial charge in [-0.3, -0.25) is 9.48 Å². The van der Waals surface area contributed by atoms with Crippen molar-refractivity contribution < 1.29 is 13.2 Å². The average molecular weight is 469 g/mol. The lowest BCUT2D eigenvalue weighted by Gasteiger charge is -2.08. The number of aromatic nitrogens is 3. The molecule has 164 valence electrons. The molecule has 4 rings (SSSR count). The molecule has 1 N–H and O–H groups in total. The molecule has 0 bridgehead atoms. The number of aryl methyl sites for hydroxylation is 3. The van der Waals surface area contributed by atoms with E-state index in [9.17, 15) is 13.2 Å². The van der Waals surface area contributed by atoms with Gasteiger partial charge < -0.3 is 4.57 Å². The first-order valence-electron chi connectivity index (χ1n) is 9.78. The van der Waals surface area contributed by atoms with Crippen LogP contribution in [-0.4, -0.2) is 28.7 Å². The van der Waals surface area contributed by atoms with Crippen LogP contribution >= 0.6 is 11.6 Å². The van der Waals surface area contributed by atoms with Crippen molar-refractivity contribution in [3.05, 3.63) is 82.6 Å². The Kier molecular flexibility index (Phi) is 5.66. The predicted octanol–water partition coefficient (Wildman–Crippen LogP) is 4.15. The van der Waals surface area contributed by atoms with E-state index in [0.29, 0.717) is 16.3 Å². The summed E-state index contributed by atoms with van der Waals surface area (Å²) in [5.41, 5.74) is 3.25. The minimum absolute atomic E-state index is 0.0283. The molecule has 0 aliphatic rings. The van der Waals surface area contributed by atoms with Crippen molar-refractivity contribution in [3.63, 3.8) is 0 Å². The van der Waals surface area contributed by atoms with Crippen LogP contribution in [0.5, 0.6) is 0 Å². The van der Waals surface area contributed by atoms with Crippen molar-refractivity contribution in [1.82, 2.24) is 19.1 Å². The summed E-state index contributed by atoms with van der Waals surface area (Å²) in [4.78, 5) is 12.4. The molecule has 0 aliphatic carbocycles. The number of benzene rings is 2. The van der Waals surface area contributed by atoms with Gasteiger partial charge in [-0.1, -0.05) is 29.3 Å². The molecule has 0 saturated heterocycles. The number of sulfonamides is 1. The van der Waals surface area contributed by atoms with Crippen LogP contribution in [0.1, 0.15) is 16.8 Å². The average Bonchev–Trinajstić information content (AvgIpc) is 3.25. The summed E-state index contributed by atoms with van der Waals surface area (Å²) in [5, 5.41) is 6.08. The maximum atomic E-state index is 12.5. The second-order valence-corrected chi connectivity index (χ2v) is 9.57. The number of hydrogen-bond donors (Lipinski definition) is 1. The molecule has 0 aliphatic heterocycles. The molecule has 0 radical (unpaired) electrons. The van der Waals surface area contributed by atoms with Gasteiger partial charge in [0.05, 0.1) is 16.1 Å². The summed E-state index contributed by atoms with van der Waals surface area (Å²) >= 11 is 6.10. The van der Waals surface area contributed by atoms with Crippen molar-refractivity contribution in [1.29, 1.82) is 0 Å². The normalized spacial score (nSPS) is 12.0. The van der Waals surface area contributed by atoms with E-state index < -0.39 is 15.9 Å². The number of fused-ring (bicyclic) bond motifs is 1. The SMILES string of the molecule is Cc1ccc(S(=O)(=O)NC(=O)C=Cc2c(C)nn(C)c2-n2ccc3cc(Cl)ccc32)cc1. The monoisotopic (exact) mass is 468 g/mol. The second-order valence-electron chi connectivity index (χ2n) is 7.45. The summed E-state index contributed by atoms with van der Waals surface area (Å²) < 4.78 is 30.7. The van der Waals surface area contributed by atoms with E-state index in [-0.39, 0.29) is 4.90 Å². The largest absolute Gasteiger partial charge is 0.301 e. The van der Waals surface area contributed by atoms with Gasteiger partial charge in [-0.2, -0.15) is 5.10 Å². The zero-order valence-corrected chi connectivity index (χ0v) is 19.3. The highest BCUT2D eigenvalue weighted by Crippen LogP contribution is 2.27. The van der Waals surface area contributed by atoms with Gasteiger partial charge in [-0.25, -0.2) is 13.1 Å². The molecule has 9 heteroatoms. The van der Waals surface area contributed by atoms with Crippen molar-refractivity contribution in [3.8, 4) is 5.82 Å².